The van der Waals surface area contributed by atoms with E-state index >= 15 is 0 Å². The van der Waals surface area contributed by atoms with Crippen LogP contribution in [0.5, 0.6) is 0 Å². The lowest BCUT2D eigenvalue weighted by molar-refractivity contribution is -0.130. The first-order chi connectivity index (χ1) is 7.54. The largest absolute Gasteiger partial charge is 0.349 e. The third-order valence-electron chi connectivity index (χ3n) is 3.24. The van der Waals surface area contributed by atoms with E-state index in [4.69, 9.17) is 5.73 Å². The van der Waals surface area contributed by atoms with Gasteiger partial charge >= 0.3 is 0 Å². The first kappa shape index (κ1) is 13.4. The number of carbonyl (C=O) groups excluding carboxylic acids is 1. The molecule has 16 heavy (non-hydrogen) atoms. The topological polar surface area (TPSA) is 52.8 Å². The second-order valence-corrected chi connectivity index (χ2v) is 4.72. The molecule has 1 amide bonds. The van der Waals surface area contributed by atoms with Gasteiger partial charge in [-0.2, -0.15) is 0 Å². The fourth-order valence-corrected chi connectivity index (χ4v) is 1.93. The molecule has 5 nitrogen and oxygen atoms in total. The molecule has 0 aromatic rings. The molecule has 0 aromatic carbocycles. The molecule has 1 aliphatic heterocycles. The maximum atomic E-state index is 11.7. The zero-order valence-electron chi connectivity index (χ0n) is 10.6. The molecule has 94 valence electrons. The summed E-state index contributed by atoms with van der Waals surface area (Å²) < 4.78 is 0. The number of amides is 1. The van der Waals surface area contributed by atoms with Crippen LogP contribution in [0.15, 0.2) is 0 Å². The molecule has 1 rings (SSSR count). The second-order valence-electron chi connectivity index (χ2n) is 4.72. The van der Waals surface area contributed by atoms with Crippen molar-refractivity contribution in [3.63, 3.8) is 0 Å². The summed E-state index contributed by atoms with van der Waals surface area (Å²) >= 11 is 0. The standard InChI is InChI=1S/C11H24N4O/c1-13(2)11(16)8-10(9-12)15-6-4-14(3)5-7-15/h10H,4-9,12H2,1-3H3. The number of nitrogens with zero attached hydrogens (tertiary/aromatic N) is 3. The number of carbonyl (C=O) groups is 1. The van der Waals surface area contributed by atoms with Crippen molar-refractivity contribution in [2.24, 2.45) is 5.73 Å². The maximum absolute atomic E-state index is 11.7. The molecule has 0 radical (unpaired) electrons. The van der Waals surface area contributed by atoms with Gasteiger partial charge in [-0.15, -0.1) is 0 Å². The van der Waals surface area contributed by atoms with E-state index in [1.165, 1.54) is 0 Å². The van der Waals surface area contributed by atoms with E-state index in [0.717, 1.165) is 26.2 Å². The molecule has 1 heterocycles. The van der Waals surface area contributed by atoms with Gasteiger partial charge in [-0.3, -0.25) is 9.69 Å². The van der Waals surface area contributed by atoms with Crippen molar-refractivity contribution in [2.45, 2.75) is 12.5 Å². The summed E-state index contributed by atoms with van der Waals surface area (Å²) in [4.78, 5) is 17.9. The van der Waals surface area contributed by atoms with Crippen LogP contribution in [0.2, 0.25) is 0 Å². The van der Waals surface area contributed by atoms with Crippen molar-refractivity contribution in [3.8, 4) is 0 Å². The zero-order valence-corrected chi connectivity index (χ0v) is 10.6. The van der Waals surface area contributed by atoms with Crippen molar-refractivity contribution in [3.05, 3.63) is 0 Å². The summed E-state index contributed by atoms with van der Waals surface area (Å²) in [6.07, 6.45) is 0.535. The lowest BCUT2D eigenvalue weighted by atomic mass is 10.1. The Balaban J connectivity index is 2.44. The lowest BCUT2D eigenvalue weighted by Gasteiger charge is -2.37. The molecular formula is C11H24N4O. The van der Waals surface area contributed by atoms with E-state index in [0.29, 0.717) is 13.0 Å². The van der Waals surface area contributed by atoms with Crippen LogP contribution in [0.4, 0.5) is 0 Å². The molecule has 1 saturated heterocycles. The van der Waals surface area contributed by atoms with Gasteiger partial charge in [0.15, 0.2) is 0 Å². The highest BCUT2D eigenvalue weighted by atomic mass is 16.2. The van der Waals surface area contributed by atoms with Gasteiger partial charge in [0.1, 0.15) is 0 Å². The highest BCUT2D eigenvalue weighted by Gasteiger charge is 2.23. The molecule has 0 saturated carbocycles. The van der Waals surface area contributed by atoms with Crippen molar-refractivity contribution >= 4 is 5.91 Å². The van der Waals surface area contributed by atoms with Crippen molar-refractivity contribution in [2.75, 3.05) is 53.9 Å². The van der Waals surface area contributed by atoms with Gasteiger partial charge in [0, 0.05) is 59.3 Å². The molecule has 0 spiro atoms. The molecule has 1 atom stereocenters. The van der Waals surface area contributed by atoms with Gasteiger partial charge in [0.05, 0.1) is 0 Å². The Bertz CT molecular complexity index is 224. The number of piperazine rings is 1. The normalized spacial score (nSPS) is 20.8. The molecule has 1 aliphatic rings. The average Bonchev–Trinajstić information content (AvgIpc) is 2.26. The Morgan fingerprint density at radius 1 is 1.31 bits per heavy atom. The summed E-state index contributed by atoms with van der Waals surface area (Å²) in [5, 5.41) is 0. The van der Waals surface area contributed by atoms with Crippen molar-refractivity contribution in [1.29, 1.82) is 0 Å². The van der Waals surface area contributed by atoms with E-state index in [-0.39, 0.29) is 11.9 Å². The van der Waals surface area contributed by atoms with Crippen molar-refractivity contribution in [1.82, 2.24) is 14.7 Å². The Labute approximate surface area is 98.2 Å². The highest BCUT2D eigenvalue weighted by molar-refractivity contribution is 5.76. The van der Waals surface area contributed by atoms with Crippen LogP contribution in [0.25, 0.3) is 0 Å². The summed E-state index contributed by atoms with van der Waals surface area (Å²) in [5.74, 6) is 0.161. The minimum absolute atomic E-state index is 0.161. The first-order valence-corrected chi connectivity index (χ1v) is 5.87. The summed E-state index contributed by atoms with van der Waals surface area (Å²) in [7, 11) is 5.71. The van der Waals surface area contributed by atoms with E-state index in [9.17, 15) is 4.79 Å². The van der Waals surface area contributed by atoms with Gasteiger partial charge in [0.25, 0.3) is 0 Å². The minimum atomic E-state index is 0.161. The predicted octanol–water partition coefficient (Wildman–Crippen LogP) is -0.961. The first-order valence-electron chi connectivity index (χ1n) is 5.87. The van der Waals surface area contributed by atoms with Crippen LogP contribution in [0, 0.1) is 0 Å². The third kappa shape index (κ3) is 3.73. The lowest BCUT2D eigenvalue weighted by Crippen LogP contribution is -2.52. The minimum Gasteiger partial charge on any atom is -0.349 e. The molecular weight excluding hydrogens is 204 g/mol. The van der Waals surface area contributed by atoms with Crippen LogP contribution in [-0.2, 0) is 4.79 Å². The molecule has 5 heteroatoms. The average molecular weight is 228 g/mol. The van der Waals surface area contributed by atoms with Crippen LogP contribution >= 0.6 is 0 Å². The maximum Gasteiger partial charge on any atom is 0.223 e. The molecule has 2 N–H and O–H groups in total. The van der Waals surface area contributed by atoms with Gasteiger partial charge in [-0.25, -0.2) is 0 Å². The smallest absolute Gasteiger partial charge is 0.223 e. The molecule has 1 fully saturated rings. The summed E-state index contributed by atoms with van der Waals surface area (Å²) in [6.45, 7) is 4.71. The monoisotopic (exact) mass is 228 g/mol. The summed E-state index contributed by atoms with van der Waals surface area (Å²) in [6, 6.07) is 0.198. The summed E-state index contributed by atoms with van der Waals surface area (Å²) in [5.41, 5.74) is 5.76. The third-order valence-corrected chi connectivity index (χ3v) is 3.24. The van der Waals surface area contributed by atoms with Crippen LogP contribution < -0.4 is 5.73 Å². The van der Waals surface area contributed by atoms with E-state index in [1.807, 2.05) is 0 Å². The number of nitrogens with two attached hydrogens (primary N) is 1. The predicted molar refractivity (Wildman–Crippen MR) is 65.2 cm³/mol. The number of rotatable bonds is 4. The molecule has 0 bridgehead atoms. The molecule has 1 unspecified atom stereocenters. The van der Waals surface area contributed by atoms with Gasteiger partial charge in [-0.1, -0.05) is 0 Å². The second kappa shape index (κ2) is 6.18. The fraction of sp³-hybridized carbons (Fsp3) is 0.909. The van der Waals surface area contributed by atoms with E-state index in [1.54, 1.807) is 19.0 Å². The Morgan fingerprint density at radius 3 is 2.31 bits per heavy atom. The highest BCUT2D eigenvalue weighted by Crippen LogP contribution is 2.08. The Hall–Kier alpha value is -0.650. The molecule has 0 aliphatic carbocycles. The van der Waals surface area contributed by atoms with E-state index < -0.39 is 0 Å². The van der Waals surface area contributed by atoms with Gasteiger partial charge in [0.2, 0.25) is 5.91 Å². The Kier molecular flexibility index (Phi) is 5.18. The van der Waals surface area contributed by atoms with Gasteiger partial charge < -0.3 is 15.5 Å². The van der Waals surface area contributed by atoms with Gasteiger partial charge in [-0.05, 0) is 7.05 Å². The zero-order chi connectivity index (χ0) is 12.1. The fourth-order valence-electron chi connectivity index (χ4n) is 1.93. The molecule has 0 aromatic heterocycles. The number of hydrogen-bond donors (Lipinski definition) is 1. The number of hydrogen-bond acceptors (Lipinski definition) is 4. The van der Waals surface area contributed by atoms with E-state index in [2.05, 4.69) is 16.8 Å². The quantitative estimate of drug-likeness (QED) is 0.673. The van der Waals surface area contributed by atoms with Crippen molar-refractivity contribution < 1.29 is 4.79 Å². The van der Waals surface area contributed by atoms with Crippen LogP contribution in [0.1, 0.15) is 6.42 Å². The number of likely N-dealkylation sites (N-methyl/N-ethyl adjacent to an activating group) is 1. The Morgan fingerprint density at radius 2 is 1.88 bits per heavy atom. The van der Waals surface area contributed by atoms with Crippen LogP contribution in [-0.4, -0.2) is 80.5 Å². The SMILES string of the molecule is CN1CCN(C(CN)CC(=O)N(C)C)CC1. The van der Waals surface area contributed by atoms with Crippen LogP contribution in [0.3, 0.4) is 0 Å².